The van der Waals surface area contributed by atoms with Crippen molar-refractivity contribution in [3.05, 3.63) is 22.4 Å². The molecule has 1 heterocycles. The molecular weight excluding hydrogens is 213 g/mol. The van der Waals surface area contributed by atoms with Gasteiger partial charge in [-0.05, 0) is 23.8 Å². The highest BCUT2D eigenvalue weighted by Gasteiger charge is 2.31. The Hall–Kier alpha value is -0.550. The molecule has 0 radical (unpaired) electrons. The van der Waals surface area contributed by atoms with E-state index < -0.39 is 25.1 Å². The monoisotopic (exact) mass is 224 g/mol. The van der Waals surface area contributed by atoms with Crippen LogP contribution >= 0.6 is 11.3 Å². The molecular formula is C9H11F3OS. The van der Waals surface area contributed by atoms with Crippen LogP contribution in [0.4, 0.5) is 13.2 Å². The van der Waals surface area contributed by atoms with Gasteiger partial charge in [-0.2, -0.15) is 13.2 Å². The molecule has 0 aliphatic rings. The van der Waals surface area contributed by atoms with Crippen LogP contribution < -0.4 is 0 Å². The summed E-state index contributed by atoms with van der Waals surface area (Å²) in [5.41, 5.74) is 0. The van der Waals surface area contributed by atoms with Crippen LogP contribution in [0.25, 0.3) is 0 Å². The fourth-order valence-electron chi connectivity index (χ4n) is 1.24. The SMILES string of the molecule is OCC(Cc1cccs1)CC(F)(F)F. The zero-order valence-electron chi connectivity index (χ0n) is 7.42. The molecule has 5 heteroatoms. The molecule has 1 nitrogen and oxygen atoms in total. The van der Waals surface area contributed by atoms with Crippen molar-refractivity contribution in [1.82, 2.24) is 0 Å². The molecule has 0 saturated heterocycles. The number of thiophene rings is 1. The van der Waals surface area contributed by atoms with Crippen LogP contribution in [0.1, 0.15) is 11.3 Å². The van der Waals surface area contributed by atoms with Crippen LogP contribution in [0.3, 0.4) is 0 Å². The van der Waals surface area contributed by atoms with Gasteiger partial charge in [-0.25, -0.2) is 0 Å². The summed E-state index contributed by atoms with van der Waals surface area (Å²) in [7, 11) is 0. The molecule has 0 spiro atoms. The largest absolute Gasteiger partial charge is 0.396 e. The fourth-order valence-corrected chi connectivity index (χ4v) is 2.06. The first-order valence-corrected chi connectivity index (χ1v) is 5.09. The highest BCUT2D eigenvalue weighted by molar-refractivity contribution is 7.09. The molecule has 0 fully saturated rings. The minimum Gasteiger partial charge on any atom is -0.396 e. The van der Waals surface area contributed by atoms with E-state index in [1.165, 1.54) is 11.3 Å². The summed E-state index contributed by atoms with van der Waals surface area (Å²) >= 11 is 1.41. The molecule has 1 unspecified atom stereocenters. The van der Waals surface area contributed by atoms with Crippen molar-refractivity contribution < 1.29 is 18.3 Å². The van der Waals surface area contributed by atoms with Gasteiger partial charge in [0.2, 0.25) is 0 Å². The van der Waals surface area contributed by atoms with Crippen LogP contribution in [-0.4, -0.2) is 17.9 Å². The third-order valence-corrected chi connectivity index (χ3v) is 2.75. The molecule has 14 heavy (non-hydrogen) atoms. The number of alkyl halides is 3. The second kappa shape index (κ2) is 4.79. The van der Waals surface area contributed by atoms with E-state index >= 15 is 0 Å². The van der Waals surface area contributed by atoms with Gasteiger partial charge < -0.3 is 5.11 Å². The van der Waals surface area contributed by atoms with E-state index in [1.54, 1.807) is 12.1 Å². The molecule has 0 bridgehead atoms. The molecule has 1 atom stereocenters. The van der Waals surface area contributed by atoms with Crippen molar-refractivity contribution in [1.29, 1.82) is 0 Å². The Labute approximate surface area is 84.2 Å². The predicted molar refractivity (Wildman–Crippen MR) is 49.3 cm³/mol. The molecule has 1 N–H and O–H groups in total. The van der Waals surface area contributed by atoms with Gasteiger partial charge in [-0.3, -0.25) is 0 Å². The quantitative estimate of drug-likeness (QED) is 0.833. The first-order chi connectivity index (χ1) is 6.51. The standard InChI is InChI=1S/C9H11F3OS/c10-9(11,12)5-7(6-13)4-8-2-1-3-14-8/h1-3,7,13H,4-6H2. The summed E-state index contributed by atoms with van der Waals surface area (Å²) in [4.78, 5) is 0.883. The van der Waals surface area contributed by atoms with Crippen LogP contribution in [0, 0.1) is 5.92 Å². The van der Waals surface area contributed by atoms with Gasteiger partial charge in [0.25, 0.3) is 0 Å². The Morgan fingerprint density at radius 2 is 2.14 bits per heavy atom. The number of hydrogen-bond donors (Lipinski definition) is 1. The highest BCUT2D eigenvalue weighted by Crippen LogP contribution is 2.27. The van der Waals surface area contributed by atoms with Gasteiger partial charge in [0.05, 0.1) is 0 Å². The molecule has 0 saturated carbocycles. The highest BCUT2D eigenvalue weighted by atomic mass is 32.1. The van der Waals surface area contributed by atoms with Crippen LogP contribution in [0.15, 0.2) is 17.5 Å². The van der Waals surface area contributed by atoms with Gasteiger partial charge in [0.15, 0.2) is 0 Å². The topological polar surface area (TPSA) is 20.2 Å². The van der Waals surface area contributed by atoms with Gasteiger partial charge in [0, 0.05) is 17.9 Å². The van der Waals surface area contributed by atoms with Crippen molar-refractivity contribution in [3.63, 3.8) is 0 Å². The van der Waals surface area contributed by atoms with Crippen LogP contribution in [-0.2, 0) is 6.42 Å². The summed E-state index contributed by atoms with van der Waals surface area (Å²) in [6.07, 6.45) is -4.81. The number of aliphatic hydroxyl groups is 1. The maximum Gasteiger partial charge on any atom is 0.389 e. The lowest BCUT2D eigenvalue weighted by atomic mass is 10.0. The second-order valence-corrected chi connectivity index (χ2v) is 4.18. The molecule has 80 valence electrons. The van der Waals surface area contributed by atoms with E-state index in [0.717, 1.165) is 4.88 Å². The second-order valence-electron chi connectivity index (χ2n) is 3.15. The van der Waals surface area contributed by atoms with E-state index in [1.807, 2.05) is 5.38 Å². The van der Waals surface area contributed by atoms with Crippen LogP contribution in [0.2, 0.25) is 0 Å². The van der Waals surface area contributed by atoms with Gasteiger partial charge in [-0.15, -0.1) is 11.3 Å². The Bertz CT molecular complexity index is 256. The summed E-state index contributed by atoms with van der Waals surface area (Å²) in [5, 5.41) is 10.6. The third kappa shape index (κ3) is 4.11. The normalized spacial score (nSPS) is 14.3. The number of halogens is 3. The first-order valence-electron chi connectivity index (χ1n) is 4.21. The lowest BCUT2D eigenvalue weighted by molar-refractivity contribution is -0.147. The average molecular weight is 224 g/mol. The van der Waals surface area contributed by atoms with Crippen LogP contribution in [0.5, 0.6) is 0 Å². The maximum absolute atomic E-state index is 12.0. The van der Waals surface area contributed by atoms with Crippen molar-refractivity contribution in [2.45, 2.75) is 19.0 Å². The van der Waals surface area contributed by atoms with E-state index in [2.05, 4.69) is 0 Å². The zero-order valence-corrected chi connectivity index (χ0v) is 8.24. The molecule has 1 aromatic heterocycles. The third-order valence-electron chi connectivity index (χ3n) is 1.85. The summed E-state index contributed by atoms with van der Waals surface area (Å²) in [6.45, 7) is -0.419. The summed E-state index contributed by atoms with van der Waals surface area (Å²) < 4.78 is 36.0. The molecule has 1 aromatic rings. The van der Waals surface area contributed by atoms with Gasteiger partial charge in [0.1, 0.15) is 0 Å². The molecule has 0 aliphatic carbocycles. The molecule has 0 amide bonds. The van der Waals surface area contributed by atoms with E-state index in [9.17, 15) is 13.2 Å². The average Bonchev–Trinajstić information content (AvgIpc) is 2.53. The predicted octanol–water partition coefficient (Wildman–Crippen LogP) is 2.85. The van der Waals surface area contributed by atoms with Crippen molar-refractivity contribution >= 4 is 11.3 Å². The number of rotatable bonds is 4. The Morgan fingerprint density at radius 1 is 1.43 bits per heavy atom. The maximum atomic E-state index is 12.0. The zero-order chi connectivity index (χ0) is 10.6. The molecule has 0 aliphatic heterocycles. The summed E-state index contributed by atoms with van der Waals surface area (Å²) in [6, 6.07) is 3.58. The van der Waals surface area contributed by atoms with E-state index in [-0.39, 0.29) is 0 Å². The number of hydrogen-bond acceptors (Lipinski definition) is 2. The molecule has 1 rings (SSSR count). The first kappa shape index (κ1) is 11.5. The Morgan fingerprint density at radius 3 is 2.57 bits per heavy atom. The Kier molecular flexibility index (Phi) is 3.95. The minimum absolute atomic E-state index is 0.299. The van der Waals surface area contributed by atoms with Crippen molar-refractivity contribution in [3.8, 4) is 0 Å². The van der Waals surface area contributed by atoms with Gasteiger partial charge in [-0.1, -0.05) is 6.07 Å². The minimum atomic E-state index is -4.19. The fraction of sp³-hybridized carbons (Fsp3) is 0.556. The lowest BCUT2D eigenvalue weighted by Crippen LogP contribution is -2.19. The summed E-state index contributed by atoms with van der Waals surface area (Å²) in [5.74, 6) is -0.714. The Balaban J connectivity index is 2.47. The van der Waals surface area contributed by atoms with Crippen molar-refractivity contribution in [2.75, 3.05) is 6.61 Å². The lowest BCUT2D eigenvalue weighted by Gasteiger charge is -2.15. The van der Waals surface area contributed by atoms with Crippen molar-refractivity contribution in [2.24, 2.45) is 5.92 Å². The smallest absolute Gasteiger partial charge is 0.389 e. The van der Waals surface area contributed by atoms with E-state index in [4.69, 9.17) is 5.11 Å². The molecule has 0 aromatic carbocycles. The van der Waals surface area contributed by atoms with Gasteiger partial charge >= 0.3 is 6.18 Å². The van der Waals surface area contributed by atoms with E-state index in [0.29, 0.717) is 6.42 Å². The number of aliphatic hydroxyl groups excluding tert-OH is 1.